The van der Waals surface area contributed by atoms with Crippen LogP contribution in [0, 0.1) is 0 Å². The minimum atomic E-state index is -0.343. The maximum atomic E-state index is 12.1. The topological polar surface area (TPSA) is 40.5 Å². The maximum Gasteiger partial charge on any atom is 0.330 e. The largest absolute Gasteiger partial charge is 0.490 e. The number of aromatic nitrogens is 1. The first-order chi connectivity index (χ1) is 18.3. The maximum absolute atomic E-state index is 12.1. The van der Waals surface area contributed by atoms with Gasteiger partial charge in [-0.3, -0.25) is 0 Å². The van der Waals surface area contributed by atoms with Gasteiger partial charge in [-0.05, 0) is 103 Å². The summed E-state index contributed by atoms with van der Waals surface area (Å²) in [6, 6.07) is 25.8. The van der Waals surface area contributed by atoms with Crippen molar-refractivity contribution < 1.29 is 14.3 Å². The van der Waals surface area contributed by atoms with Gasteiger partial charge in [0.25, 0.3) is 0 Å². The van der Waals surface area contributed by atoms with Crippen molar-refractivity contribution in [3.05, 3.63) is 90.1 Å². The Hall–Kier alpha value is -3.79. The number of esters is 1. The zero-order valence-corrected chi connectivity index (χ0v) is 22.9. The molecule has 1 heterocycles. The molecule has 4 aromatic rings. The molecular formula is C34H37NO3. The van der Waals surface area contributed by atoms with Crippen molar-refractivity contribution in [1.29, 1.82) is 0 Å². The molecule has 1 aromatic heterocycles. The molecule has 1 fully saturated rings. The van der Waals surface area contributed by atoms with E-state index < -0.39 is 0 Å². The summed E-state index contributed by atoms with van der Waals surface area (Å²) in [6.45, 7) is 8.86. The van der Waals surface area contributed by atoms with Crippen LogP contribution in [0.25, 0.3) is 33.8 Å². The van der Waals surface area contributed by atoms with Crippen LogP contribution >= 0.6 is 0 Å². The second kappa shape index (κ2) is 10.9. The molecule has 0 N–H and O–H groups in total. The van der Waals surface area contributed by atoms with E-state index in [-0.39, 0.29) is 11.4 Å². The van der Waals surface area contributed by atoms with Crippen molar-refractivity contribution in [3.63, 3.8) is 0 Å². The Balaban J connectivity index is 1.51. The fourth-order valence-electron chi connectivity index (χ4n) is 5.21. The minimum absolute atomic E-state index is 0.123. The normalized spacial score (nSPS) is 14.4. The fraction of sp³-hybridized carbons (Fsp3) is 0.324. The molecular weight excluding hydrogens is 470 g/mol. The average Bonchev–Trinajstić information content (AvgIpc) is 3.55. The first kappa shape index (κ1) is 25.8. The molecule has 4 heteroatoms. The molecule has 0 aliphatic heterocycles. The van der Waals surface area contributed by atoms with Crippen molar-refractivity contribution in [2.75, 3.05) is 6.61 Å². The summed E-state index contributed by atoms with van der Waals surface area (Å²) in [5.74, 6) is 0.561. The van der Waals surface area contributed by atoms with Gasteiger partial charge in [0.1, 0.15) is 5.75 Å². The average molecular weight is 508 g/mol. The molecule has 1 aliphatic carbocycles. The Labute approximate surface area is 225 Å². The van der Waals surface area contributed by atoms with Crippen molar-refractivity contribution in [1.82, 2.24) is 4.57 Å². The van der Waals surface area contributed by atoms with Crippen LogP contribution in [0.5, 0.6) is 5.75 Å². The minimum Gasteiger partial charge on any atom is -0.490 e. The van der Waals surface area contributed by atoms with Gasteiger partial charge in [0.05, 0.1) is 18.2 Å². The zero-order valence-electron chi connectivity index (χ0n) is 22.9. The highest BCUT2D eigenvalue weighted by Gasteiger charge is 2.17. The highest BCUT2D eigenvalue weighted by atomic mass is 16.5. The molecule has 196 valence electrons. The summed E-state index contributed by atoms with van der Waals surface area (Å²) in [5, 5.41) is 1.11. The molecule has 5 rings (SSSR count). The Bertz CT molecular complexity index is 1430. The molecule has 1 saturated carbocycles. The van der Waals surface area contributed by atoms with E-state index in [1.54, 1.807) is 0 Å². The summed E-state index contributed by atoms with van der Waals surface area (Å²) in [7, 11) is 0. The van der Waals surface area contributed by atoms with E-state index in [1.165, 1.54) is 30.0 Å². The Morgan fingerprint density at radius 2 is 1.61 bits per heavy atom. The van der Waals surface area contributed by atoms with E-state index in [0.29, 0.717) is 12.7 Å². The van der Waals surface area contributed by atoms with E-state index >= 15 is 0 Å². The third kappa shape index (κ3) is 5.70. The van der Waals surface area contributed by atoms with Crippen LogP contribution in [0.15, 0.2) is 78.9 Å². The number of carbonyl (C=O) groups is 1. The van der Waals surface area contributed by atoms with Crippen molar-refractivity contribution >= 4 is 22.9 Å². The number of fused-ring (bicyclic) bond motifs is 1. The molecule has 0 radical (unpaired) electrons. The highest BCUT2D eigenvalue weighted by Crippen LogP contribution is 2.32. The summed E-state index contributed by atoms with van der Waals surface area (Å²) in [5.41, 5.74) is 6.80. The third-order valence-corrected chi connectivity index (χ3v) is 7.29. The predicted octanol–water partition coefficient (Wildman–Crippen LogP) is 8.49. The summed E-state index contributed by atoms with van der Waals surface area (Å²) in [4.78, 5) is 12.1. The molecule has 0 atom stereocenters. The van der Waals surface area contributed by atoms with Crippen molar-refractivity contribution in [2.24, 2.45) is 0 Å². The number of ether oxygens (including phenoxy) is 2. The van der Waals surface area contributed by atoms with Crippen LogP contribution in [0.1, 0.15) is 64.6 Å². The fourth-order valence-corrected chi connectivity index (χ4v) is 5.21. The third-order valence-electron chi connectivity index (χ3n) is 7.29. The zero-order chi connectivity index (χ0) is 26.7. The number of carbonyl (C=O) groups excluding carboxylic acids is 1. The van der Waals surface area contributed by atoms with Gasteiger partial charge in [0.2, 0.25) is 0 Å². The molecule has 1 aliphatic rings. The first-order valence-electron chi connectivity index (χ1n) is 13.7. The lowest BCUT2D eigenvalue weighted by Crippen LogP contribution is -2.10. The number of hydrogen-bond donors (Lipinski definition) is 0. The second-order valence-electron chi connectivity index (χ2n) is 11.1. The smallest absolute Gasteiger partial charge is 0.330 e. The van der Waals surface area contributed by atoms with Crippen LogP contribution in [-0.2, 0) is 14.9 Å². The lowest BCUT2D eigenvalue weighted by atomic mass is 9.86. The van der Waals surface area contributed by atoms with E-state index in [9.17, 15) is 4.79 Å². The van der Waals surface area contributed by atoms with E-state index in [4.69, 9.17) is 9.47 Å². The number of benzene rings is 3. The Morgan fingerprint density at radius 3 is 2.26 bits per heavy atom. The van der Waals surface area contributed by atoms with Gasteiger partial charge in [-0.2, -0.15) is 0 Å². The van der Waals surface area contributed by atoms with Crippen LogP contribution in [0.2, 0.25) is 0 Å². The first-order valence-corrected chi connectivity index (χ1v) is 13.7. The van der Waals surface area contributed by atoms with Crippen molar-refractivity contribution in [3.8, 4) is 22.6 Å². The number of rotatable bonds is 7. The summed E-state index contributed by atoms with van der Waals surface area (Å²) in [6.07, 6.45) is 8.42. The number of hydrogen-bond acceptors (Lipinski definition) is 3. The monoisotopic (exact) mass is 507 g/mol. The Kier molecular flexibility index (Phi) is 7.42. The van der Waals surface area contributed by atoms with Crippen LogP contribution in [0.3, 0.4) is 0 Å². The van der Waals surface area contributed by atoms with E-state index in [1.807, 2.05) is 25.1 Å². The van der Waals surface area contributed by atoms with Gasteiger partial charge in [-0.15, -0.1) is 0 Å². The van der Waals surface area contributed by atoms with Gasteiger partial charge in [-0.1, -0.05) is 51.1 Å². The van der Waals surface area contributed by atoms with Gasteiger partial charge in [0, 0.05) is 22.8 Å². The van der Waals surface area contributed by atoms with Gasteiger partial charge in [-0.25, -0.2) is 4.79 Å². The molecule has 38 heavy (non-hydrogen) atoms. The van der Waals surface area contributed by atoms with E-state index in [2.05, 4.69) is 86.0 Å². The predicted molar refractivity (Wildman–Crippen MR) is 156 cm³/mol. The summed E-state index contributed by atoms with van der Waals surface area (Å²) < 4.78 is 13.5. The molecule has 0 unspecified atom stereocenters. The van der Waals surface area contributed by atoms with Gasteiger partial charge in [0.15, 0.2) is 0 Å². The quantitative estimate of drug-likeness (QED) is 0.186. The molecule has 3 aromatic carbocycles. The molecule has 0 bridgehead atoms. The molecule has 0 spiro atoms. The van der Waals surface area contributed by atoms with Gasteiger partial charge < -0.3 is 14.0 Å². The lowest BCUT2D eigenvalue weighted by Gasteiger charge is -2.19. The SMILES string of the molecule is CCOC(=O)/C=C/c1cc2cc(-c3ccc(C(C)(C)C)cc3)ccc2n1-c1ccc(OC2CCCC2)cc1. The standard InChI is InChI=1S/C34H37NO3/c1-5-37-33(36)21-17-29-23-26-22-25(24-10-13-27(14-11-24)34(2,3)4)12-20-32(26)35(29)28-15-18-31(19-16-28)38-30-8-6-7-9-30/h10-23,30H,5-9H2,1-4H3/b21-17+. The van der Waals surface area contributed by atoms with E-state index in [0.717, 1.165) is 46.4 Å². The number of nitrogens with zero attached hydrogens (tertiary/aromatic N) is 1. The van der Waals surface area contributed by atoms with Crippen LogP contribution in [0.4, 0.5) is 0 Å². The molecule has 0 saturated heterocycles. The highest BCUT2D eigenvalue weighted by molar-refractivity contribution is 5.92. The molecule has 4 nitrogen and oxygen atoms in total. The van der Waals surface area contributed by atoms with Crippen LogP contribution in [-0.4, -0.2) is 23.2 Å². The molecule has 0 amide bonds. The second-order valence-corrected chi connectivity index (χ2v) is 11.1. The lowest BCUT2D eigenvalue weighted by molar-refractivity contribution is -0.137. The van der Waals surface area contributed by atoms with Gasteiger partial charge >= 0.3 is 5.97 Å². The summed E-state index contributed by atoms with van der Waals surface area (Å²) >= 11 is 0. The Morgan fingerprint density at radius 1 is 0.921 bits per heavy atom. The van der Waals surface area contributed by atoms with Crippen molar-refractivity contribution in [2.45, 2.75) is 64.9 Å². The van der Waals surface area contributed by atoms with Crippen LogP contribution < -0.4 is 4.74 Å².